The Labute approximate surface area is 183 Å². The van der Waals surface area contributed by atoms with Gasteiger partial charge in [0, 0.05) is 25.3 Å². The van der Waals surface area contributed by atoms with Gasteiger partial charge in [0.15, 0.2) is 0 Å². The number of anilines is 1. The minimum Gasteiger partial charge on any atom is -0.373 e. The minimum atomic E-state index is -0.653. The lowest BCUT2D eigenvalue weighted by atomic mass is 10.1. The Kier molecular flexibility index (Phi) is 7.45. The van der Waals surface area contributed by atoms with Crippen LogP contribution >= 0.6 is 27.3 Å². The Hall–Kier alpha value is -1.74. The molecule has 1 fully saturated rings. The molecule has 2 N–H and O–H groups in total. The Morgan fingerprint density at radius 1 is 1.21 bits per heavy atom. The summed E-state index contributed by atoms with van der Waals surface area (Å²) >= 11 is 4.68. The summed E-state index contributed by atoms with van der Waals surface area (Å²) < 4.78 is 6.68. The number of nitrogens with one attached hydrogen (secondary N) is 2. The van der Waals surface area contributed by atoms with Gasteiger partial charge >= 0.3 is 0 Å². The molecule has 3 rings (SSSR count). The second-order valence-corrected chi connectivity index (χ2v) is 9.86. The van der Waals surface area contributed by atoms with Crippen LogP contribution in [0.1, 0.15) is 36.0 Å². The summed E-state index contributed by atoms with van der Waals surface area (Å²) in [5.41, 5.74) is 1.81. The molecule has 1 aliphatic rings. The highest BCUT2D eigenvalue weighted by Gasteiger charge is 2.23. The molecule has 0 aliphatic carbocycles. The van der Waals surface area contributed by atoms with Crippen molar-refractivity contribution in [3.05, 3.63) is 50.6 Å². The summed E-state index contributed by atoms with van der Waals surface area (Å²) in [6.45, 7) is 8.28. The Bertz CT molecular complexity index is 862. The fourth-order valence-electron chi connectivity index (χ4n) is 3.45. The molecular formula is C21H26BrN3O3S. The highest BCUT2D eigenvalue weighted by Crippen LogP contribution is 2.22. The first-order chi connectivity index (χ1) is 13.8. The average molecular weight is 480 g/mol. The monoisotopic (exact) mass is 479 g/mol. The first-order valence-corrected chi connectivity index (χ1v) is 11.3. The van der Waals surface area contributed by atoms with Gasteiger partial charge < -0.3 is 15.4 Å². The van der Waals surface area contributed by atoms with Crippen LogP contribution < -0.4 is 10.6 Å². The van der Waals surface area contributed by atoms with Crippen LogP contribution in [-0.2, 0) is 16.1 Å². The van der Waals surface area contributed by atoms with Crippen molar-refractivity contribution in [1.82, 2.24) is 10.2 Å². The zero-order valence-corrected chi connectivity index (χ0v) is 19.2. The molecule has 3 atom stereocenters. The molecule has 0 spiro atoms. The number of carbonyl (C=O) groups is 2. The third-order valence-corrected chi connectivity index (χ3v) is 6.32. The van der Waals surface area contributed by atoms with Gasteiger partial charge in [0.2, 0.25) is 5.91 Å². The van der Waals surface area contributed by atoms with Crippen molar-refractivity contribution in [1.29, 1.82) is 0 Å². The molecule has 0 saturated carbocycles. The van der Waals surface area contributed by atoms with Gasteiger partial charge in [0.05, 0.1) is 20.9 Å². The van der Waals surface area contributed by atoms with Crippen molar-refractivity contribution in [2.45, 2.75) is 45.6 Å². The standard InChI is InChI=1S/C21H26BrN3O3S/c1-13-10-25(11-14(2)28-13)12-16-6-4-5-7-17(16)24-20(26)15(3)23-21(27)18-8-9-19(22)29-18/h4-9,13-15H,10-12H2,1-3H3,(H,23,27)(H,24,26). The summed E-state index contributed by atoms with van der Waals surface area (Å²) in [6.07, 6.45) is 0.376. The van der Waals surface area contributed by atoms with E-state index in [1.165, 1.54) is 11.3 Å². The van der Waals surface area contributed by atoms with Crippen LogP contribution in [0.4, 0.5) is 5.69 Å². The van der Waals surface area contributed by atoms with Crippen molar-refractivity contribution < 1.29 is 14.3 Å². The van der Waals surface area contributed by atoms with E-state index in [1.807, 2.05) is 30.3 Å². The van der Waals surface area contributed by atoms with Crippen LogP contribution in [0.5, 0.6) is 0 Å². The number of morpholine rings is 1. The third-order valence-electron chi connectivity index (χ3n) is 4.70. The summed E-state index contributed by atoms with van der Waals surface area (Å²) in [7, 11) is 0. The number of hydrogen-bond acceptors (Lipinski definition) is 5. The summed E-state index contributed by atoms with van der Waals surface area (Å²) in [6, 6.07) is 10.7. The predicted octanol–water partition coefficient (Wildman–Crippen LogP) is 3.88. The van der Waals surface area contributed by atoms with Crippen LogP contribution in [0.3, 0.4) is 0 Å². The van der Waals surface area contributed by atoms with E-state index in [0.29, 0.717) is 4.88 Å². The van der Waals surface area contributed by atoms with Crippen LogP contribution in [0.15, 0.2) is 40.2 Å². The number of benzene rings is 1. The van der Waals surface area contributed by atoms with E-state index in [-0.39, 0.29) is 24.0 Å². The Morgan fingerprint density at radius 3 is 2.55 bits per heavy atom. The van der Waals surface area contributed by atoms with E-state index in [0.717, 1.165) is 34.7 Å². The molecular weight excluding hydrogens is 454 g/mol. The maximum Gasteiger partial charge on any atom is 0.262 e. The molecule has 1 aliphatic heterocycles. The molecule has 0 radical (unpaired) electrons. The van der Waals surface area contributed by atoms with E-state index in [1.54, 1.807) is 13.0 Å². The van der Waals surface area contributed by atoms with Crippen LogP contribution in [-0.4, -0.2) is 48.1 Å². The molecule has 0 bridgehead atoms. The van der Waals surface area contributed by atoms with E-state index in [2.05, 4.69) is 45.3 Å². The predicted molar refractivity (Wildman–Crippen MR) is 119 cm³/mol. The minimum absolute atomic E-state index is 0.188. The second kappa shape index (κ2) is 9.84. The molecule has 6 nitrogen and oxygen atoms in total. The van der Waals surface area contributed by atoms with E-state index >= 15 is 0 Å². The van der Waals surface area contributed by atoms with Crippen molar-refractivity contribution in [2.75, 3.05) is 18.4 Å². The van der Waals surface area contributed by atoms with E-state index < -0.39 is 6.04 Å². The largest absolute Gasteiger partial charge is 0.373 e. The van der Waals surface area contributed by atoms with Gasteiger partial charge in [-0.3, -0.25) is 14.5 Å². The van der Waals surface area contributed by atoms with Crippen molar-refractivity contribution in [2.24, 2.45) is 0 Å². The quantitative estimate of drug-likeness (QED) is 0.659. The fourth-order valence-corrected chi connectivity index (χ4v) is 4.73. The number of nitrogens with zero attached hydrogens (tertiary/aromatic N) is 1. The van der Waals surface area contributed by atoms with Gasteiger partial charge in [-0.05, 0) is 60.5 Å². The van der Waals surface area contributed by atoms with Crippen molar-refractivity contribution in [3.63, 3.8) is 0 Å². The second-order valence-electron chi connectivity index (χ2n) is 7.40. The fraction of sp³-hybridized carbons (Fsp3) is 0.429. The number of ether oxygens (including phenoxy) is 1. The van der Waals surface area contributed by atoms with Gasteiger partial charge in [0.1, 0.15) is 6.04 Å². The summed E-state index contributed by atoms with van der Waals surface area (Å²) in [5.74, 6) is -0.502. The van der Waals surface area contributed by atoms with Crippen LogP contribution in [0.25, 0.3) is 0 Å². The smallest absolute Gasteiger partial charge is 0.262 e. The van der Waals surface area contributed by atoms with Gasteiger partial charge in [0.25, 0.3) is 5.91 Å². The summed E-state index contributed by atoms with van der Waals surface area (Å²) in [5, 5.41) is 5.72. The topological polar surface area (TPSA) is 70.7 Å². The number of amides is 2. The molecule has 29 heavy (non-hydrogen) atoms. The van der Waals surface area contributed by atoms with Crippen LogP contribution in [0.2, 0.25) is 0 Å². The zero-order chi connectivity index (χ0) is 21.0. The zero-order valence-electron chi connectivity index (χ0n) is 16.8. The van der Waals surface area contributed by atoms with Gasteiger partial charge in [-0.15, -0.1) is 11.3 Å². The number of carbonyl (C=O) groups excluding carboxylic acids is 2. The Morgan fingerprint density at radius 2 is 1.90 bits per heavy atom. The molecule has 156 valence electrons. The highest BCUT2D eigenvalue weighted by atomic mass is 79.9. The maximum absolute atomic E-state index is 12.7. The number of rotatable bonds is 6. The lowest BCUT2D eigenvalue weighted by molar-refractivity contribution is -0.117. The molecule has 2 heterocycles. The number of para-hydroxylation sites is 1. The van der Waals surface area contributed by atoms with Crippen molar-refractivity contribution >= 4 is 44.8 Å². The lowest BCUT2D eigenvalue weighted by Crippen LogP contribution is -2.45. The van der Waals surface area contributed by atoms with Crippen LogP contribution in [0, 0.1) is 0 Å². The van der Waals surface area contributed by atoms with Crippen molar-refractivity contribution in [3.8, 4) is 0 Å². The number of hydrogen-bond donors (Lipinski definition) is 2. The van der Waals surface area contributed by atoms with Gasteiger partial charge in [-0.2, -0.15) is 0 Å². The third kappa shape index (κ3) is 6.12. The molecule has 2 amide bonds. The lowest BCUT2D eigenvalue weighted by Gasteiger charge is -2.35. The maximum atomic E-state index is 12.7. The average Bonchev–Trinajstić information content (AvgIpc) is 3.09. The molecule has 3 unspecified atom stereocenters. The molecule has 1 aromatic heterocycles. The van der Waals surface area contributed by atoms with Gasteiger partial charge in [-0.1, -0.05) is 18.2 Å². The SMILES string of the molecule is CC1CN(Cc2ccccc2NC(=O)C(C)NC(=O)c2ccc(Br)s2)CC(C)O1. The molecule has 1 aromatic carbocycles. The normalized spacial score (nSPS) is 20.8. The summed E-state index contributed by atoms with van der Waals surface area (Å²) in [4.78, 5) is 27.9. The first-order valence-electron chi connectivity index (χ1n) is 9.64. The van der Waals surface area contributed by atoms with Gasteiger partial charge in [-0.25, -0.2) is 0 Å². The molecule has 8 heteroatoms. The highest BCUT2D eigenvalue weighted by molar-refractivity contribution is 9.11. The Balaban J connectivity index is 1.62. The number of thiophene rings is 1. The molecule has 1 saturated heterocycles. The number of halogens is 1. The molecule has 2 aromatic rings. The van der Waals surface area contributed by atoms with E-state index in [4.69, 9.17) is 4.74 Å². The first kappa shape index (κ1) is 22.0. The van der Waals surface area contributed by atoms with E-state index in [9.17, 15) is 9.59 Å².